The van der Waals surface area contributed by atoms with Crippen molar-refractivity contribution in [2.24, 2.45) is 11.0 Å². The van der Waals surface area contributed by atoms with Crippen molar-refractivity contribution >= 4 is 28.0 Å². The van der Waals surface area contributed by atoms with Crippen molar-refractivity contribution in [3.05, 3.63) is 41.5 Å². The summed E-state index contributed by atoms with van der Waals surface area (Å²) in [7, 11) is -3.05. The molecule has 0 saturated carbocycles. The summed E-state index contributed by atoms with van der Waals surface area (Å²) in [5, 5.41) is 3.87. The smallest absolute Gasteiger partial charge is 0.244 e. The molecule has 0 bridgehead atoms. The van der Waals surface area contributed by atoms with E-state index in [4.69, 9.17) is 0 Å². The van der Waals surface area contributed by atoms with Crippen molar-refractivity contribution in [2.75, 3.05) is 11.5 Å². The second kappa shape index (κ2) is 6.67. The molecule has 0 aliphatic carbocycles. The molecule has 1 aliphatic heterocycles. The molecule has 0 radical (unpaired) electrons. The van der Waals surface area contributed by atoms with E-state index in [0.29, 0.717) is 6.42 Å². The Morgan fingerprint density at radius 1 is 1.33 bits per heavy atom. The Bertz CT molecular complexity index is 663. The Kier molecular flexibility index (Phi) is 4.90. The van der Waals surface area contributed by atoms with Crippen molar-refractivity contribution in [1.29, 1.82) is 0 Å². The van der Waals surface area contributed by atoms with Crippen LogP contribution in [0.4, 0.5) is 0 Å². The maximum Gasteiger partial charge on any atom is 0.244 e. The molecule has 1 aliphatic rings. The van der Waals surface area contributed by atoms with E-state index in [0.717, 1.165) is 11.1 Å². The highest BCUT2D eigenvalue weighted by molar-refractivity contribution is 7.91. The van der Waals surface area contributed by atoms with Crippen molar-refractivity contribution in [3.8, 4) is 0 Å². The molecule has 1 fully saturated rings. The molecule has 1 N–H and O–H groups in total. The molecular weight excluding hydrogens is 288 g/mol. The first kappa shape index (κ1) is 15.4. The molecule has 1 amide bonds. The third-order valence-electron chi connectivity index (χ3n) is 3.24. The average molecular weight is 306 g/mol. The number of nitrogens with zero attached hydrogens (tertiary/aromatic N) is 1. The van der Waals surface area contributed by atoms with E-state index in [-0.39, 0.29) is 17.4 Å². The molecule has 1 heterocycles. The van der Waals surface area contributed by atoms with Crippen LogP contribution in [0.25, 0.3) is 6.08 Å². The van der Waals surface area contributed by atoms with Crippen LogP contribution in [0.1, 0.15) is 18.9 Å². The Morgan fingerprint density at radius 3 is 2.67 bits per heavy atom. The number of carbonyl (C=O) groups excluding carboxylic acids is 1. The molecule has 0 unspecified atom stereocenters. The number of benzene rings is 1. The maximum absolute atomic E-state index is 11.8. The zero-order chi connectivity index (χ0) is 15.3. The lowest BCUT2D eigenvalue weighted by Crippen LogP contribution is -2.27. The van der Waals surface area contributed by atoms with Crippen LogP contribution in [-0.4, -0.2) is 32.0 Å². The maximum atomic E-state index is 11.8. The number of sulfone groups is 1. The van der Waals surface area contributed by atoms with Gasteiger partial charge in [-0.1, -0.05) is 36.4 Å². The van der Waals surface area contributed by atoms with E-state index < -0.39 is 15.8 Å². The minimum Gasteiger partial charge on any atom is -0.273 e. The van der Waals surface area contributed by atoms with Gasteiger partial charge in [-0.2, -0.15) is 5.10 Å². The van der Waals surface area contributed by atoms with E-state index in [1.807, 2.05) is 43.3 Å². The fraction of sp³-hybridized carbons (Fsp3) is 0.333. The molecular formula is C15H18N2O3S. The topological polar surface area (TPSA) is 75.6 Å². The predicted molar refractivity (Wildman–Crippen MR) is 83.5 cm³/mol. The lowest BCUT2D eigenvalue weighted by atomic mass is 10.1. The third-order valence-corrected chi connectivity index (χ3v) is 5.01. The predicted octanol–water partition coefficient (Wildman–Crippen LogP) is 1.63. The van der Waals surface area contributed by atoms with Gasteiger partial charge in [-0.05, 0) is 24.5 Å². The number of carbonyl (C=O) groups is 1. The molecule has 21 heavy (non-hydrogen) atoms. The molecule has 6 heteroatoms. The number of nitrogens with one attached hydrogen (secondary N) is 1. The number of hydrogen-bond donors (Lipinski definition) is 1. The van der Waals surface area contributed by atoms with E-state index in [1.165, 1.54) is 0 Å². The van der Waals surface area contributed by atoms with Crippen LogP contribution in [0.5, 0.6) is 0 Å². The minimum absolute atomic E-state index is 0.0762. The molecule has 1 atom stereocenters. The highest BCUT2D eigenvalue weighted by Crippen LogP contribution is 2.18. The third kappa shape index (κ3) is 4.82. The van der Waals surface area contributed by atoms with Crippen molar-refractivity contribution in [3.63, 3.8) is 0 Å². The van der Waals surface area contributed by atoms with Gasteiger partial charge in [0.2, 0.25) is 5.91 Å². The van der Waals surface area contributed by atoms with Crippen LogP contribution < -0.4 is 5.43 Å². The number of rotatable bonds is 4. The van der Waals surface area contributed by atoms with E-state index in [1.54, 1.807) is 6.21 Å². The van der Waals surface area contributed by atoms with Crippen LogP contribution in [0.2, 0.25) is 0 Å². The summed E-state index contributed by atoms with van der Waals surface area (Å²) in [5.41, 5.74) is 4.34. The van der Waals surface area contributed by atoms with Crippen LogP contribution in [0, 0.1) is 5.92 Å². The Hall–Kier alpha value is -1.95. The minimum atomic E-state index is -3.05. The number of hydrazone groups is 1. The number of amides is 1. The zero-order valence-electron chi connectivity index (χ0n) is 11.8. The van der Waals surface area contributed by atoms with Gasteiger partial charge >= 0.3 is 0 Å². The van der Waals surface area contributed by atoms with Gasteiger partial charge in [0.25, 0.3) is 0 Å². The van der Waals surface area contributed by atoms with Crippen LogP contribution in [0.3, 0.4) is 0 Å². The van der Waals surface area contributed by atoms with Gasteiger partial charge in [-0.3, -0.25) is 4.79 Å². The average Bonchev–Trinajstić information content (AvgIpc) is 2.80. The second-order valence-electron chi connectivity index (χ2n) is 5.13. The molecule has 1 aromatic rings. The van der Waals surface area contributed by atoms with Gasteiger partial charge in [0.05, 0.1) is 23.6 Å². The quantitative estimate of drug-likeness (QED) is 0.678. The van der Waals surface area contributed by atoms with Gasteiger partial charge < -0.3 is 0 Å². The first-order valence-electron chi connectivity index (χ1n) is 6.73. The summed E-state index contributed by atoms with van der Waals surface area (Å²) in [5.74, 6) is -0.806. The number of allylic oxidation sites excluding steroid dienone is 1. The summed E-state index contributed by atoms with van der Waals surface area (Å²) in [6.45, 7) is 1.88. The molecule has 0 spiro atoms. The molecule has 112 valence electrons. The Morgan fingerprint density at radius 2 is 2.05 bits per heavy atom. The monoisotopic (exact) mass is 306 g/mol. The van der Waals surface area contributed by atoms with Crippen molar-refractivity contribution in [2.45, 2.75) is 13.3 Å². The fourth-order valence-electron chi connectivity index (χ4n) is 2.14. The van der Waals surface area contributed by atoms with Crippen LogP contribution in [0.15, 0.2) is 41.0 Å². The van der Waals surface area contributed by atoms with Gasteiger partial charge in [0.15, 0.2) is 9.84 Å². The number of hydrogen-bond acceptors (Lipinski definition) is 4. The van der Waals surface area contributed by atoms with Crippen LogP contribution >= 0.6 is 0 Å². The normalized spacial score (nSPS) is 21.6. The first-order chi connectivity index (χ1) is 9.96. The summed E-state index contributed by atoms with van der Waals surface area (Å²) in [4.78, 5) is 11.8. The summed E-state index contributed by atoms with van der Waals surface area (Å²) < 4.78 is 22.6. The van der Waals surface area contributed by atoms with Gasteiger partial charge in [-0.25, -0.2) is 13.8 Å². The van der Waals surface area contributed by atoms with Gasteiger partial charge in [0.1, 0.15) is 0 Å². The molecule has 1 aromatic carbocycles. The van der Waals surface area contributed by atoms with Crippen LogP contribution in [-0.2, 0) is 14.6 Å². The SMILES string of the molecule is CC(/C=N\NC(=O)[C@@H]1CCS(=O)(=O)C1)=C\c1ccccc1. The van der Waals surface area contributed by atoms with Gasteiger partial charge in [-0.15, -0.1) is 0 Å². The van der Waals surface area contributed by atoms with Gasteiger partial charge in [0, 0.05) is 0 Å². The highest BCUT2D eigenvalue weighted by Gasteiger charge is 2.32. The van der Waals surface area contributed by atoms with E-state index >= 15 is 0 Å². The Labute approximate surface area is 124 Å². The molecule has 0 aromatic heterocycles. The summed E-state index contributed by atoms with van der Waals surface area (Å²) in [6, 6.07) is 9.77. The first-order valence-corrected chi connectivity index (χ1v) is 8.55. The highest BCUT2D eigenvalue weighted by atomic mass is 32.2. The molecule has 1 saturated heterocycles. The second-order valence-corrected chi connectivity index (χ2v) is 7.36. The fourth-order valence-corrected chi connectivity index (χ4v) is 3.88. The molecule has 2 rings (SSSR count). The summed E-state index contributed by atoms with van der Waals surface area (Å²) in [6.07, 6.45) is 3.87. The largest absolute Gasteiger partial charge is 0.273 e. The van der Waals surface area contributed by atoms with Crippen molar-refractivity contribution < 1.29 is 13.2 Å². The van der Waals surface area contributed by atoms with E-state index in [2.05, 4.69) is 10.5 Å². The Balaban J connectivity index is 1.88. The van der Waals surface area contributed by atoms with Crippen molar-refractivity contribution in [1.82, 2.24) is 5.43 Å². The summed E-state index contributed by atoms with van der Waals surface area (Å²) >= 11 is 0. The van der Waals surface area contributed by atoms with E-state index in [9.17, 15) is 13.2 Å². The standard InChI is InChI=1S/C15H18N2O3S/c1-12(9-13-5-3-2-4-6-13)10-16-17-15(18)14-7-8-21(19,20)11-14/h2-6,9-10,14H,7-8,11H2,1H3,(H,17,18)/b12-9+,16-10-/t14-/m1/s1. The lowest BCUT2D eigenvalue weighted by Gasteiger charge is -2.04. The molecule has 5 nitrogen and oxygen atoms in total. The lowest BCUT2D eigenvalue weighted by molar-refractivity contribution is -0.124. The zero-order valence-corrected chi connectivity index (χ0v) is 12.6.